The first-order valence-corrected chi connectivity index (χ1v) is 13.1. The number of carbonyl (C=O) groups is 1. The number of aliphatic hydroxyl groups is 1. The van der Waals surface area contributed by atoms with Gasteiger partial charge in [-0.1, -0.05) is 25.1 Å². The van der Waals surface area contributed by atoms with Crippen LogP contribution < -0.4 is 11.1 Å². The predicted molar refractivity (Wildman–Crippen MR) is 149 cm³/mol. The number of aliphatic hydroxyl groups excluding tert-OH is 1. The summed E-state index contributed by atoms with van der Waals surface area (Å²) >= 11 is 0. The summed E-state index contributed by atoms with van der Waals surface area (Å²) in [7, 11) is 0. The zero-order valence-corrected chi connectivity index (χ0v) is 21.3. The highest BCUT2D eigenvalue weighted by molar-refractivity contribution is 6.00. The van der Waals surface area contributed by atoms with Gasteiger partial charge in [0.1, 0.15) is 0 Å². The lowest BCUT2D eigenvalue weighted by Crippen LogP contribution is -2.29. The molecule has 0 radical (unpaired) electrons. The molecule has 2 aromatic carbocycles. The molecule has 8 heteroatoms. The van der Waals surface area contributed by atoms with Crippen LogP contribution in [0, 0.1) is 0 Å². The van der Waals surface area contributed by atoms with Gasteiger partial charge >= 0.3 is 0 Å². The minimum absolute atomic E-state index is 0.164. The molecule has 1 aliphatic carbocycles. The van der Waals surface area contributed by atoms with Crippen molar-refractivity contribution in [3.63, 3.8) is 0 Å². The molecule has 4 N–H and O–H groups in total. The number of fused-ring (bicyclic) bond motifs is 2. The first kappa shape index (κ1) is 24.1. The van der Waals surface area contributed by atoms with Crippen molar-refractivity contribution in [1.29, 1.82) is 0 Å². The highest BCUT2D eigenvalue weighted by atomic mass is 16.3. The van der Waals surface area contributed by atoms with E-state index in [-0.39, 0.29) is 12.1 Å². The van der Waals surface area contributed by atoms with Gasteiger partial charge in [-0.3, -0.25) is 9.78 Å². The Bertz CT molecular complexity index is 1650. The highest BCUT2D eigenvalue weighted by Gasteiger charge is 2.22. The maximum Gasteiger partial charge on any atom is 0.250 e. The fourth-order valence-electron chi connectivity index (χ4n) is 5.44. The molecule has 6 rings (SSSR count). The number of hydrogen-bond donors (Lipinski definition) is 3. The number of amides is 1. The van der Waals surface area contributed by atoms with Gasteiger partial charge in [0.25, 0.3) is 5.91 Å². The van der Waals surface area contributed by atoms with Crippen molar-refractivity contribution in [1.82, 2.24) is 19.7 Å². The number of carbonyl (C=O) groups excluding carboxylic acids is 1. The molecule has 1 fully saturated rings. The van der Waals surface area contributed by atoms with Crippen LogP contribution in [0.15, 0.2) is 67.0 Å². The maximum atomic E-state index is 12.2. The van der Waals surface area contributed by atoms with Crippen molar-refractivity contribution < 1.29 is 9.90 Å². The summed E-state index contributed by atoms with van der Waals surface area (Å²) in [4.78, 5) is 21.6. The summed E-state index contributed by atoms with van der Waals surface area (Å²) in [6.07, 6.45) is 7.33. The van der Waals surface area contributed by atoms with Crippen LogP contribution in [-0.4, -0.2) is 42.9 Å². The number of nitrogens with one attached hydrogen (secondary N) is 1. The van der Waals surface area contributed by atoms with Crippen LogP contribution in [0.4, 0.5) is 5.69 Å². The van der Waals surface area contributed by atoms with Crippen molar-refractivity contribution in [3.05, 3.63) is 78.2 Å². The van der Waals surface area contributed by atoms with Crippen LogP contribution in [0.1, 0.15) is 48.7 Å². The Hall–Kier alpha value is -4.30. The third kappa shape index (κ3) is 4.37. The second-order valence-electron chi connectivity index (χ2n) is 9.93. The number of nitrogens with zero attached hydrogens (tertiary/aromatic N) is 4. The Morgan fingerprint density at radius 1 is 1.08 bits per heavy atom. The summed E-state index contributed by atoms with van der Waals surface area (Å²) in [5.74, 6) is -0.487. The Balaban J connectivity index is 1.45. The number of hydrogen-bond acceptors (Lipinski definition) is 6. The van der Waals surface area contributed by atoms with Gasteiger partial charge in [-0.2, -0.15) is 5.10 Å². The van der Waals surface area contributed by atoms with Gasteiger partial charge in [-0.25, -0.2) is 9.67 Å². The fourth-order valence-corrected chi connectivity index (χ4v) is 5.44. The van der Waals surface area contributed by atoms with Gasteiger partial charge in [0.05, 0.1) is 34.0 Å². The van der Waals surface area contributed by atoms with E-state index in [4.69, 9.17) is 15.8 Å². The fraction of sp³-hybridized carbons (Fsp3) is 0.267. The molecule has 192 valence electrons. The number of aromatic nitrogens is 4. The average molecular weight is 507 g/mol. The zero-order chi connectivity index (χ0) is 26.2. The Morgan fingerprint density at radius 3 is 2.68 bits per heavy atom. The number of nitrogens with two attached hydrogens (primary N) is 1. The van der Waals surface area contributed by atoms with E-state index in [0.717, 1.165) is 76.5 Å². The van der Waals surface area contributed by atoms with Crippen LogP contribution >= 0.6 is 0 Å². The summed E-state index contributed by atoms with van der Waals surface area (Å²) in [5.41, 5.74) is 12.3. The lowest BCUT2D eigenvalue weighted by Gasteiger charge is -2.27. The van der Waals surface area contributed by atoms with E-state index < -0.39 is 5.91 Å². The molecule has 1 amide bonds. The predicted octanol–water partition coefficient (Wildman–Crippen LogP) is 5.01. The number of rotatable bonds is 6. The number of benzene rings is 2. The quantitative estimate of drug-likeness (QED) is 0.298. The van der Waals surface area contributed by atoms with Gasteiger partial charge in [-0.05, 0) is 74.1 Å². The number of pyridine rings is 2. The maximum absolute atomic E-state index is 12.2. The van der Waals surface area contributed by atoms with Gasteiger partial charge in [0.2, 0.25) is 0 Å². The molecule has 0 saturated heterocycles. The van der Waals surface area contributed by atoms with Crippen LogP contribution in [0.5, 0.6) is 0 Å². The SMILES string of the molecule is CCc1nn(-c2ccc(C(N)=O)c(NC3CCC(O)CC3)c2)c2nccc(-c3cnc4ccccc4c3)c12. The van der Waals surface area contributed by atoms with E-state index in [1.165, 1.54) is 0 Å². The van der Waals surface area contributed by atoms with Crippen molar-refractivity contribution in [2.45, 2.75) is 51.2 Å². The molecule has 3 heterocycles. The molecule has 38 heavy (non-hydrogen) atoms. The van der Waals surface area contributed by atoms with Crippen LogP contribution in [-0.2, 0) is 6.42 Å². The third-order valence-corrected chi connectivity index (χ3v) is 7.45. The largest absolute Gasteiger partial charge is 0.393 e. The third-order valence-electron chi connectivity index (χ3n) is 7.45. The van der Waals surface area contributed by atoms with E-state index >= 15 is 0 Å². The van der Waals surface area contributed by atoms with Crippen LogP contribution in [0.3, 0.4) is 0 Å². The van der Waals surface area contributed by atoms with Gasteiger partial charge in [-0.15, -0.1) is 0 Å². The summed E-state index contributed by atoms with van der Waals surface area (Å²) in [5, 5.41) is 20.4. The molecular weight excluding hydrogens is 476 g/mol. The first-order valence-electron chi connectivity index (χ1n) is 13.1. The molecule has 0 unspecified atom stereocenters. The highest BCUT2D eigenvalue weighted by Crippen LogP contribution is 2.34. The van der Waals surface area contributed by atoms with Gasteiger partial charge < -0.3 is 16.2 Å². The molecule has 0 bridgehead atoms. The monoisotopic (exact) mass is 506 g/mol. The Morgan fingerprint density at radius 2 is 1.89 bits per heavy atom. The van der Waals surface area contributed by atoms with Crippen molar-refractivity contribution >= 4 is 33.5 Å². The molecular formula is C30H30N6O2. The Labute approximate surface area is 220 Å². The number of aryl methyl sites for hydroxylation is 1. The summed E-state index contributed by atoms with van der Waals surface area (Å²) < 4.78 is 1.84. The van der Waals surface area contributed by atoms with E-state index in [1.54, 1.807) is 12.3 Å². The number of anilines is 1. The molecule has 0 spiro atoms. The molecule has 1 saturated carbocycles. The van der Waals surface area contributed by atoms with Crippen molar-refractivity contribution in [3.8, 4) is 16.8 Å². The zero-order valence-electron chi connectivity index (χ0n) is 21.3. The van der Waals surface area contributed by atoms with Crippen molar-refractivity contribution in [2.24, 2.45) is 5.73 Å². The Kier molecular flexibility index (Phi) is 6.25. The van der Waals surface area contributed by atoms with Crippen molar-refractivity contribution in [2.75, 3.05) is 5.32 Å². The number of primary amides is 1. The first-order chi connectivity index (χ1) is 18.5. The minimum Gasteiger partial charge on any atom is -0.393 e. The molecule has 3 aromatic heterocycles. The minimum atomic E-state index is -0.487. The normalized spacial score (nSPS) is 17.6. The molecule has 1 aliphatic rings. The standard InChI is InChI=1S/C30H30N6O2/c1-2-25-28-23(19-15-18-5-3-4-6-26(18)33-17-19)13-14-32-30(28)36(35-25)21-9-12-24(29(31)38)27(16-21)34-20-7-10-22(37)11-8-20/h3-6,9,12-17,20,22,34,37H,2,7-8,10-11H2,1H3,(H2,31,38). The second kappa shape index (κ2) is 9.87. The molecule has 8 nitrogen and oxygen atoms in total. The van der Waals surface area contributed by atoms with E-state index in [0.29, 0.717) is 11.3 Å². The van der Waals surface area contributed by atoms with E-state index in [1.807, 2.05) is 47.3 Å². The van der Waals surface area contributed by atoms with Gasteiger partial charge in [0, 0.05) is 35.1 Å². The number of para-hydroxylation sites is 1. The van der Waals surface area contributed by atoms with Gasteiger partial charge in [0.15, 0.2) is 5.65 Å². The smallest absolute Gasteiger partial charge is 0.250 e. The summed E-state index contributed by atoms with van der Waals surface area (Å²) in [6.45, 7) is 2.09. The van der Waals surface area contributed by atoms with Crippen LogP contribution in [0.2, 0.25) is 0 Å². The second-order valence-corrected chi connectivity index (χ2v) is 9.93. The average Bonchev–Trinajstić information content (AvgIpc) is 3.33. The van der Waals surface area contributed by atoms with E-state index in [2.05, 4.69) is 29.4 Å². The van der Waals surface area contributed by atoms with Crippen LogP contribution in [0.25, 0.3) is 38.8 Å². The lowest BCUT2D eigenvalue weighted by molar-refractivity contribution is 0.100. The lowest BCUT2D eigenvalue weighted by atomic mass is 9.92. The molecule has 0 atom stereocenters. The van der Waals surface area contributed by atoms with E-state index in [9.17, 15) is 9.90 Å². The summed E-state index contributed by atoms with van der Waals surface area (Å²) in [6, 6.07) is 17.9. The topological polar surface area (TPSA) is 119 Å². The molecule has 0 aliphatic heterocycles. The molecule has 5 aromatic rings.